The molecule has 0 saturated heterocycles. The molecule has 5 heteroatoms. The van der Waals surface area contributed by atoms with Gasteiger partial charge >= 0.3 is 0 Å². The second kappa shape index (κ2) is 8.82. The fourth-order valence-electron chi connectivity index (χ4n) is 2.87. The van der Waals surface area contributed by atoms with Gasteiger partial charge < -0.3 is 10.1 Å². The van der Waals surface area contributed by atoms with Gasteiger partial charge in [0.2, 0.25) is 5.91 Å². The summed E-state index contributed by atoms with van der Waals surface area (Å²) >= 11 is 1.54. The van der Waals surface area contributed by atoms with Gasteiger partial charge in [0.25, 0.3) is 0 Å². The van der Waals surface area contributed by atoms with Crippen LogP contribution in [0.5, 0.6) is 5.75 Å². The van der Waals surface area contributed by atoms with Gasteiger partial charge in [0.1, 0.15) is 10.8 Å². The lowest BCUT2D eigenvalue weighted by atomic mass is 9.97. The number of amides is 1. The highest BCUT2D eigenvalue weighted by Gasteiger charge is 2.13. The molecular formula is C22H24N2O2S. The Kier molecular flexibility index (Phi) is 6.24. The minimum absolute atomic E-state index is 0.0441. The molecule has 1 amide bonds. The summed E-state index contributed by atoms with van der Waals surface area (Å²) < 4.78 is 5.18. The number of nitrogens with one attached hydrogen (secondary N) is 1. The summed E-state index contributed by atoms with van der Waals surface area (Å²) in [4.78, 5) is 17.1. The largest absolute Gasteiger partial charge is 0.497 e. The summed E-state index contributed by atoms with van der Waals surface area (Å²) in [6.07, 6.45) is 1.30. The van der Waals surface area contributed by atoms with Crippen molar-refractivity contribution in [3.63, 3.8) is 0 Å². The molecule has 1 N–H and O–H groups in total. The molecule has 0 bridgehead atoms. The van der Waals surface area contributed by atoms with Crippen molar-refractivity contribution in [2.45, 2.75) is 32.6 Å². The minimum atomic E-state index is -0.0441. The van der Waals surface area contributed by atoms with E-state index >= 15 is 0 Å². The zero-order valence-electron chi connectivity index (χ0n) is 15.9. The molecule has 27 heavy (non-hydrogen) atoms. The molecular weight excluding hydrogens is 356 g/mol. The van der Waals surface area contributed by atoms with Crippen molar-refractivity contribution in [2.24, 2.45) is 0 Å². The zero-order chi connectivity index (χ0) is 19.2. The van der Waals surface area contributed by atoms with Crippen LogP contribution >= 0.6 is 11.3 Å². The topological polar surface area (TPSA) is 51.2 Å². The van der Waals surface area contributed by atoms with E-state index in [1.807, 2.05) is 47.8 Å². The Morgan fingerprint density at radius 3 is 2.63 bits per heavy atom. The number of hydrogen-bond donors (Lipinski definition) is 1. The van der Waals surface area contributed by atoms with Gasteiger partial charge in [-0.25, -0.2) is 4.98 Å². The van der Waals surface area contributed by atoms with E-state index in [0.717, 1.165) is 34.1 Å². The van der Waals surface area contributed by atoms with Crippen LogP contribution in [0.15, 0.2) is 53.9 Å². The molecule has 0 saturated carbocycles. The van der Waals surface area contributed by atoms with E-state index in [1.54, 1.807) is 18.4 Å². The number of anilines is 1. The lowest BCUT2D eigenvalue weighted by Gasteiger charge is -2.15. The zero-order valence-corrected chi connectivity index (χ0v) is 16.7. The molecule has 2 aromatic carbocycles. The smallest absolute Gasteiger partial charge is 0.230 e. The first kappa shape index (κ1) is 19.1. The van der Waals surface area contributed by atoms with E-state index < -0.39 is 0 Å². The second-order valence-electron chi connectivity index (χ2n) is 6.49. The van der Waals surface area contributed by atoms with Crippen molar-refractivity contribution in [1.29, 1.82) is 0 Å². The molecule has 3 aromatic rings. The van der Waals surface area contributed by atoms with E-state index in [0.29, 0.717) is 5.92 Å². The van der Waals surface area contributed by atoms with Gasteiger partial charge in [-0.05, 0) is 48.2 Å². The number of para-hydroxylation sites is 1. The summed E-state index contributed by atoms with van der Waals surface area (Å²) in [5.74, 6) is 1.18. The highest BCUT2D eigenvalue weighted by Crippen LogP contribution is 2.28. The first-order chi connectivity index (χ1) is 13.1. The van der Waals surface area contributed by atoms with Gasteiger partial charge in [0.05, 0.1) is 19.2 Å². The third-order valence-corrected chi connectivity index (χ3v) is 5.55. The number of rotatable bonds is 7. The molecule has 1 atom stereocenters. The summed E-state index contributed by atoms with van der Waals surface area (Å²) in [6.45, 7) is 4.33. The maximum Gasteiger partial charge on any atom is 0.230 e. The Bertz CT molecular complexity index is 903. The van der Waals surface area contributed by atoms with E-state index in [1.165, 1.54) is 5.56 Å². The number of aromatic nitrogens is 1. The Morgan fingerprint density at radius 2 is 1.93 bits per heavy atom. The average Bonchev–Trinajstić information content (AvgIpc) is 3.16. The molecule has 0 unspecified atom stereocenters. The quantitative estimate of drug-likeness (QED) is 0.588. The van der Waals surface area contributed by atoms with Crippen molar-refractivity contribution in [3.05, 3.63) is 65.2 Å². The standard InChI is InChI=1S/C22H24N2O2S/c1-4-15(2)19-7-5-6-8-20(19)24-21(25)13-17-14-27-22(23-17)16-9-11-18(26-3)12-10-16/h5-12,14-15H,4,13H2,1-3H3,(H,24,25)/t15-/m1/s1. The number of methoxy groups -OCH3 is 1. The highest BCUT2D eigenvalue weighted by atomic mass is 32.1. The Morgan fingerprint density at radius 1 is 1.19 bits per heavy atom. The fourth-order valence-corrected chi connectivity index (χ4v) is 3.70. The average molecular weight is 381 g/mol. The maximum absolute atomic E-state index is 12.5. The second-order valence-corrected chi connectivity index (χ2v) is 7.35. The van der Waals surface area contributed by atoms with E-state index in [-0.39, 0.29) is 12.3 Å². The molecule has 1 heterocycles. The number of benzene rings is 2. The summed E-state index contributed by atoms with van der Waals surface area (Å²) in [5, 5.41) is 5.89. The van der Waals surface area contributed by atoms with Gasteiger partial charge in [-0.1, -0.05) is 32.0 Å². The lowest BCUT2D eigenvalue weighted by molar-refractivity contribution is -0.115. The van der Waals surface area contributed by atoms with Crippen LogP contribution in [-0.2, 0) is 11.2 Å². The first-order valence-electron chi connectivity index (χ1n) is 9.08. The third kappa shape index (κ3) is 4.74. The van der Waals surface area contributed by atoms with Crippen LogP contribution in [0.3, 0.4) is 0 Å². The third-order valence-electron chi connectivity index (χ3n) is 4.61. The minimum Gasteiger partial charge on any atom is -0.497 e. The van der Waals surface area contributed by atoms with Gasteiger partial charge in [0.15, 0.2) is 0 Å². The van der Waals surface area contributed by atoms with Crippen molar-refractivity contribution in [2.75, 3.05) is 12.4 Å². The Balaban J connectivity index is 1.68. The van der Waals surface area contributed by atoms with Crippen molar-refractivity contribution in [3.8, 4) is 16.3 Å². The first-order valence-corrected chi connectivity index (χ1v) is 9.96. The predicted molar refractivity (Wildman–Crippen MR) is 112 cm³/mol. The molecule has 0 aliphatic carbocycles. The number of hydrogen-bond acceptors (Lipinski definition) is 4. The number of thiazole rings is 1. The van der Waals surface area contributed by atoms with Crippen LogP contribution in [0, 0.1) is 0 Å². The summed E-state index contributed by atoms with van der Waals surface area (Å²) in [7, 11) is 1.65. The number of nitrogens with zero attached hydrogens (tertiary/aromatic N) is 1. The molecule has 1 aromatic heterocycles. The van der Waals surface area contributed by atoms with Crippen molar-refractivity contribution in [1.82, 2.24) is 4.98 Å². The maximum atomic E-state index is 12.5. The van der Waals surface area contributed by atoms with Gasteiger partial charge in [0, 0.05) is 16.6 Å². The molecule has 0 radical (unpaired) electrons. The van der Waals surface area contributed by atoms with E-state index in [2.05, 4.69) is 30.2 Å². The molecule has 3 rings (SSSR count). The molecule has 0 spiro atoms. The Labute approximate surface area is 164 Å². The van der Waals surface area contributed by atoms with Gasteiger partial charge in [-0.3, -0.25) is 4.79 Å². The highest BCUT2D eigenvalue weighted by molar-refractivity contribution is 7.13. The Hall–Kier alpha value is -2.66. The monoisotopic (exact) mass is 380 g/mol. The number of carbonyl (C=O) groups excluding carboxylic acids is 1. The van der Waals surface area contributed by atoms with Crippen molar-refractivity contribution < 1.29 is 9.53 Å². The summed E-state index contributed by atoms with van der Waals surface area (Å²) in [6, 6.07) is 15.8. The van der Waals surface area contributed by atoms with Crippen LogP contribution in [0.2, 0.25) is 0 Å². The van der Waals surface area contributed by atoms with Crippen LogP contribution in [0.25, 0.3) is 10.6 Å². The van der Waals surface area contributed by atoms with Gasteiger partial charge in [-0.2, -0.15) is 0 Å². The van der Waals surface area contributed by atoms with Crippen LogP contribution in [-0.4, -0.2) is 18.0 Å². The number of carbonyl (C=O) groups is 1. The fraction of sp³-hybridized carbons (Fsp3) is 0.273. The predicted octanol–water partition coefficient (Wildman–Crippen LogP) is 5.51. The van der Waals surface area contributed by atoms with Crippen molar-refractivity contribution >= 4 is 22.9 Å². The lowest BCUT2D eigenvalue weighted by Crippen LogP contribution is -2.16. The SMILES string of the molecule is CC[C@@H](C)c1ccccc1NC(=O)Cc1csc(-c2ccc(OC)cc2)n1. The van der Waals surface area contributed by atoms with Gasteiger partial charge in [-0.15, -0.1) is 11.3 Å². The van der Waals surface area contributed by atoms with Crippen LogP contribution in [0.4, 0.5) is 5.69 Å². The molecule has 4 nitrogen and oxygen atoms in total. The van der Waals surface area contributed by atoms with E-state index in [9.17, 15) is 4.79 Å². The normalized spacial score (nSPS) is 11.8. The van der Waals surface area contributed by atoms with Crippen LogP contribution in [0.1, 0.15) is 37.4 Å². The summed E-state index contributed by atoms with van der Waals surface area (Å²) in [5.41, 5.74) is 3.87. The molecule has 0 aliphatic heterocycles. The molecule has 140 valence electrons. The molecule has 0 aliphatic rings. The van der Waals surface area contributed by atoms with E-state index in [4.69, 9.17) is 4.74 Å². The molecule has 0 fully saturated rings. The number of ether oxygens (including phenoxy) is 1. The van der Waals surface area contributed by atoms with Crippen LogP contribution < -0.4 is 10.1 Å².